The van der Waals surface area contributed by atoms with Crippen LogP contribution in [0.2, 0.25) is 0 Å². The Kier molecular flexibility index (Phi) is 6.42. The first kappa shape index (κ1) is 20.4. The van der Waals surface area contributed by atoms with Crippen LogP contribution in [0.25, 0.3) is 0 Å². The molecule has 0 bridgehead atoms. The summed E-state index contributed by atoms with van der Waals surface area (Å²) in [6, 6.07) is 6.29. The van der Waals surface area contributed by atoms with Crippen molar-refractivity contribution in [2.24, 2.45) is 5.92 Å². The van der Waals surface area contributed by atoms with Crippen molar-refractivity contribution >= 4 is 39.1 Å². The van der Waals surface area contributed by atoms with Crippen LogP contribution in [0.5, 0.6) is 0 Å². The van der Waals surface area contributed by atoms with Gasteiger partial charge in [-0.2, -0.15) is 5.10 Å². The molecular weight excluding hydrogens is 426 g/mol. The van der Waals surface area contributed by atoms with E-state index in [9.17, 15) is 9.59 Å². The Bertz CT molecular complexity index is 810. The van der Waals surface area contributed by atoms with E-state index in [0.29, 0.717) is 17.3 Å². The van der Waals surface area contributed by atoms with E-state index in [2.05, 4.69) is 61.3 Å². The highest BCUT2D eigenvalue weighted by atomic mass is 79.9. The molecule has 4 atom stereocenters. The van der Waals surface area contributed by atoms with Crippen LogP contribution in [0.1, 0.15) is 26.8 Å². The van der Waals surface area contributed by atoms with Gasteiger partial charge in [-0.1, -0.05) is 29.8 Å². The lowest BCUT2D eigenvalue weighted by Crippen LogP contribution is -2.42. The molecule has 2 aromatic rings. The standard InChI is InChI=1S/C18H24BrN7O2/c1-10(2)15-14(19)16(25-24-15)18(28)23-13-6-4-12(5-7-13)22-17(27)11(3)26-9-20-8-21-26/h4-11,14-16,24-25H,1-3H3,(H,22,27)(H,23,28). The molecule has 1 aromatic heterocycles. The summed E-state index contributed by atoms with van der Waals surface area (Å²) in [5.41, 5.74) is 7.49. The predicted octanol–water partition coefficient (Wildman–Crippen LogP) is 1.68. The molecule has 1 fully saturated rings. The molecule has 0 aliphatic carbocycles. The lowest BCUT2D eigenvalue weighted by atomic mass is 9.99. The summed E-state index contributed by atoms with van der Waals surface area (Å²) in [7, 11) is 0. The Labute approximate surface area is 171 Å². The molecule has 1 saturated heterocycles. The summed E-state index contributed by atoms with van der Waals surface area (Å²) in [6.45, 7) is 5.94. The maximum Gasteiger partial charge on any atom is 0.249 e. The lowest BCUT2D eigenvalue weighted by Gasteiger charge is -2.19. The molecule has 28 heavy (non-hydrogen) atoms. The number of hydrazine groups is 1. The van der Waals surface area contributed by atoms with E-state index < -0.39 is 6.04 Å². The molecule has 0 radical (unpaired) electrons. The van der Waals surface area contributed by atoms with E-state index in [0.717, 1.165) is 0 Å². The second-order valence-corrected chi connectivity index (χ2v) is 8.15. The average Bonchev–Trinajstić information content (AvgIpc) is 3.32. The Morgan fingerprint density at radius 1 is 1.11 bits per heavy atom. The van der Waals surface area contributed by atoms with E-state index in [4.69, 9.17) is 0 Å². The Balaban J connectivity index is 1.56. The maximum absolute atomic E-state index is 12.5. The molecule has 0 saturated carbocycles. The van der Waals surface area contributed by atoms with Crippen LogP contribution in [-0.2, 0) is 9.59 Å². The zero-order valence-electron chi connectivity index (χ0n) is 15.9. The van der Waals surface area contributed by atoms with Gasteiger partial charge in [0.2, 0.25) is 11.8 Å². The summed E-state index contributed by atoms with van der Waals surface area (Å²) in [5.74, 6) is 0.0528. The topological polar surface area (TPSA) is 113 Å². The Morgan fingerprint density at radius 2 is 1.75 bits per heavy atom. The first-order chi connectivity index (χ1) is 13.4. The van der Waals surface area contributed by atoms with Crippen molar-refractivity contribution in [3.63, 3.8) is 0 Å². The third-order valence-electron chi connectivity index (χ3n) is 4.70. The fraction of sp³-hybridized carbons (Fsp3) is 0.444. The van der Waals surface area contributed by atoms with Crippen molar-refractivity contribution in [2.45, 2.75) is 43.7 Å². The van der Waals surface area contributed by atoms with E-state index in [1.54, 1.807) is 31.2 Å². The number of carbonyl (C=O) groups is 2. The number of nitrogens with one attached hydrogen (secondary N) is 4. The fourth-order valence-electron chi connectivity index (χ4n) is 2.94. The average molecular weight is 450 g/mol. The number of halogens is 1. The summed E-state index contributed by atoms with van der Waals surface area (Å²) >= 11 is 3.61. The second-order valence-electron chi connectivity index (χ2n) is 7.09. The van der Waals surface area contributed by atoms with E-state index in [-0.39, 0.29) is 28.7 Å². The molecule has 3 rings (SSSR count). The van der Waals surface area contributed by atoms with Crippen molar-refractivity contribution < 1.29 is 9.59 Å². The first-order valence-corrected chi connectivity index (χ1v) is 9.99. The van der Waals surface area contributed by atoms with Crippen LogP contribution in [0.4, 0.5) is 11.4 Å². The molecular formula is C18H24BrN7O2. The second kappa shape index (κ2) is 8.80. The number of benzene rings is 1. The summed E-state index contributed by atoms with van der Waals surface area (Å²) < 4.78 is 1.48. The molecule has 4 unspecified atom stereocenters. The highest BCUT2D eigenvalue weighted by Gasteiger charge is 2.39. The number of carbonyl (C=O) groups excluding carboxylic acids is 2. The minimum absolute atomic E-state index is 0.00988. The molecule has 9 nitrogen and oxygen atoms in total. The first-order valence-electron chi connectivity index (χ1n) is 9.08. The largest absolute Gasteiger partial charge is 0.325 e. The van der Waals surface area contributed by atoms with Gasteiger partial charge in [0, 0.05) is 17.4 Å². The number of anilines is 2. The summed E-state index contributed by atoms with van der Waals surface area (Å²) in [4.78, 5) is 28.7. The van der Waals surface area contributed by atoms with Gasteiger partial charge >= 0.3 is 0 Å². The zero-order valence-corrected chi connectivity index (χ0v) is 17.5. The predicted molar refractivity (Wildman–Crippen MR) is 110 cm³/mol. The van der Waals surface area contributed by atoms with E-state index in [1.807, 2.05) is 0 Å². The number of hydrogen-bond donors (Lipinski definition) is 4. The van der Waals surface area contributed by atoms with Gasteiger partial charge in [-0.15, -0.1) is 0 Å². The maximum atomic E-state index is 12.5. The van der Waals surface area contributed by atoms with Crippen molar-refractivity contribution in [1.29, 1.82) is 0 Å². The quantitative estimate of drug-likeness (QED) is 0.499. The molecule has 150 valence electrons. The minimum atomic E-state index is -0.479. The van der Waals surface area contributed by atoms with Gasteiger partial charge in [-0.3, -0.25) is 15.0 Å². The summed E-state index contributed by atoms with van der Waals surface area (Å²) in [6.07, 6.45) is 2.88. The van der Waals surface area contributed by atoms with E-state index >= 15 is 0 Å². The molecule has 2 heterocycles. The van der Waals surface area contributed by atoms with Gasteiger partial charge in [0.05, 0.1) is 4.83 Å². The van der Waals surface area contributed by atoms with Gasteiger partial charge < -0.3 is 10.6 Å². The van der Waals surface area contributed by atoms with Crippen LogP contribution in [0.15, 0.2) is 36.9 Å². The molecule has 0 spiro atoms. The van der Waals surface area contributed by atoms with Crippen LogP contribution < -0.4 is 21.5 Å². The van der Waals surface area contributed by atoms with Crippen molar-refractivity contribution in [3.05, 3.63) is 36.9 Å². The zero-order chi connectivity index (χ0) is 20.3. The van der Waals surface area contributed by atoms with E-state index in [1.165, 1.54) is 17.3 Å². The number of hydrogen-bond acceptors (Lipinski definition) is 6. The van der Waals surface area contributed by atoms with Crippen molar-refractivity contribution in [2.75, 3.05) is 10.6 Å². The molecule has 10 heteroatoms. The number of aromatic nitrogens is 3. The van der Waals surface area contributed by atoms with Gasteiger partial charge in [-0.25, -0.2) is 15.1 Å². The monoisotopic (exact) mass is 449 g/mol. The third kappa shape index (κ3) is 4.57. The van der Waals surface area contributed by atoms with Crippen molar-refractivity contribution in [3.8, 4) is 0 Å². The number of nitrogens with zero attached hydrogens (tertiary/aromatic N) is 3. The Morgan fingerprint density at radius 3 is 2.29 bits per heavy atom. The van der Waals surface area contributed by atoms with Gasteiger partial charge in [0.25, 0.3) is 0 Å². The molecule has 1 aromatic carbocycles. The number of alkyl halides is 1. The minimum Gasteiger partial charge on any atom is -0.325 e. The fourth-order valence-corrected chi connectivity index (χ4v) is 4.05. The molecule has 1 aliphatic rings. The highest BCUT2D eigenvalue weighted by Crippen LogP contribution is 2.23. The van der Waals surface area contributed by atoms with Crippen LogP contribution in [0.3, 0.4) is 0 Å². The van der Waals surface area contributed by atoms with Crippen molar-refractivity contribution in [1.82, 2.24) is 25.6 Å². The van der Waals surface area contributed by atoms with Gasteiger partial charge in [-0.05, 0) is 37.1 Å². The van der Waals surface area contributed by atoms with Gasteiger partial charge in [0.1, 0.15) is 24.7 Å². The normalized spacial score (nSPS) is 22.8. The van der Waals surface area contributed by atoms with Crippen LogP contribution in [-0.4, -0.2) is 43.5 Å². The molecule has 1 aliphatic heterocycles. The lowest BCUT2D eigenvalue weighted by molar-refractivity contribution is -0.119. The van der Waals surface area contributed by atoms with Crippen LogP contribution >= 0.6 is 15.9 Å². The Hall–Kier alpha value is -2.30. The van der Waals surface area contributed by atoms with Crippen LogP contribution in [0, 0.1) is 5.92 Å². The smallest absolute Gasteiger partial charge is 0.249 e. The molecule has 2 amide bonds. The third-order valence-corrected chi connectivity index (χ3v) is 5.80. The SMILES string of the molecule is CC(C)C1NNC(C(=O)Nc2ccc(NC(=O)C(C)n3cncn3)cc2)C1Br. The van der Waals surface area contributed by atoms with Gasteiger partial charge in [0.15, 0.2) is 0 Å². The number of rotatable bonds is 6. The summed E-state index contributed by atoms with van der Waals surface area (Å²) in [5, 5.41) is 9.68. The number of amides is 2. The highest BCUT2D eigenvalue weighted by molar-refractivity contribution is 9.09. The molecule has 4 N–H and O–H groups in total.